The van der Waals surface area contributed by atoms with Gasteiger partial charge in [-0.05, 0) is 35.4 Å². The Morgan fingerprint density at radius 1 is 1.31 bits per heavy atom. The monoisotopic (exact) mass is 418 g/mol. The van der Waals surface area contributed by atoms with Crippen LogP contribution in [0.1, 0.15) is 23.6 Å². The predicted octanol–water partition coefficient (Wildman–Crippen LogP) is 2.90. The van der Waals surface area contributed by atoms with Gasteiger partial charge in [-0.15, -0.1) is 0 Å². The third-order valence-corrected chi connectivity index (χ3v) is 4.72. The average molecular weight is 419 g/mol. The Hall–Kier alpha value is -3.32. The lowest BCUT2D eigenvalue weighted by atomic mass is 10.0. The molecule has 3 heterocycles. The van der Waals surface area contributed by atoms with Crippen LogP contribution in [0.5, 0.6) is 5.88 Å². The molecule has 0 saturated carbocycles. The molecule has 0 N–H and O–H groups in total. The van der Waals surface area contributed by atoms with Gasteiger partial charge < -0.3 is 9.64 Å². The maximum absolute atomic E-state index is 13.8. The first-order chi connectivity index (χ1) is 13.9. The Morgan fingerprint density at radius 3 is 2.86 bits per heavy atom. The molecule has 2 aliphatic heterocycles. The van der Waals surface area contributed by atoms with Crippen molar-refractivity contribution in [2.45, 2.75) is 18.6 Å². The van der Waals surface area contributed by atoms with Crippen LogP contribution in [0, 0.1) is 23.0 Å². The Morgan fingerprint density at radius 2 is 2.10 bits per heavy atom. The largest absolute Gasteiger partial charge is 0.468 e. The number of nitrogens with zero attached hydrogens (tertiary/aromatic N) is 6. The molecule has 1 aromatic carbocycles. The SMILES string of the molecule is N#Cc1cc(F)cc([C@@H]2CC=NN2C(=O)N2CC(Oc3nc(Cl)ncc3F)C2)c1. The second-order valence-electron chi connectivity index (χ2n) is 6.50. The summed E-state index contributed by atoms with van der Waals surface area (Å²) in [5.41, 5.74) is 0.653. The third kappa shape index (κ3) is 3.82. The summed E-state index contributed by atoms with van der Waals surface area (Å²) in [7, 11) is 0. The van der Waals surface area contributed by atoms with Crippen LogP contribution in [0.25, 0.3) is 0 Å². The van der Waals surface area contributed by atoms with Crippen LogP contribution in [0.15, 0.2) is 29.5 Å². The maximum atomic E-state index is 13.8. The molecule has 4 rings (SSSR count). The molecule has 0 radical (unpaired) electrons. The van der Waals surface area contributed by atoms with Crippen molar-refractivity contribution >= 4 is 23.8 Å². The Bertz CT molecular complexity index is 1040. The maximum Gasteiger partial charge on any atom is 0.341 e. The minimum absolute atomic E-state index is 0.144. The van der Waals surface area contributed by atoms with E-state index in [2.05, 4.69) is 15.1 Å². The lowest BCUT2D eigenvalue weighted by Crippen LogP contribution is -2.59. The van der Waals surface area contributed by atoms with E-state index in [0.717, 1.165) is 12.3 Å². The zero-order valence-corrected chi connectivity index (χ0v) is 15.6. The Labute approximate surface area is 169 Å². The van der Waals surface area contributed by atoms with Gasteiger partial charge in [0.1, 0.15) is 11.9 Å². The number of ether oxygens (including phenoxy) is 1. The molecule has 1 aromatic heterocycles. The number of amides is 2. The second-order valence-corrected chi connectivity index (χ2v) is 6.84. The molecular weight excluding hydrogens is 406 g/mol. The number of hydrazone groups is 1. The molecule has 1 atom stereocenters. The van der Waals surface area contributed by atoms with E-state index in [1.165, 1.54) is 22.0 Å². The minimum atomic E-state index is -0.747. The van der Waals surface area contributed by atoms with Crippen molar-refractivity contribution in [2.24, 2.45) is 5.10 Å². The first kappa shape index (κ1) is 19.0. The van der Waals surface area contributed by atoms with Crippen molar-refractivity contribution < 1.29 is 18.3 Å². The van der Waals surface area contributed by atoms with Crippen molar-refractivity contribution in [3.63, 3.8) is 0 Å². The molecule has 148 valence electrons. The van der Waals surface area contributed by atoms with E-state index >= 15 is 0 Å². The summed E-state index contributed by atoms with van der Waals surface area (Å²) in [5.74, 6) is -1.58. The molecule has 2 aromatic rings. The van der Waals surface area contributed by atoms with E-state index in [0.29, 0.717) is 12.0 Å². The molecule has 2 aliphatic rings. The Balaban J connectivity index is 1.41. The van der Waals surface area contributed by atoms with E-state index in [-0.39, 0.29) is 29.8 Å². The third-order valence-electron chi connectivity index (χ3n) is 4.54. The van der Waals surface area contributed by atoms with Crippen LogP contribution in [0.2, 0.25) is 5.28 Å². The predicted molar refractivity (Wildman–Crippen MR) is 97.2 cm³/mol. The van der Waals surface area contributed by atoms with E-state index in [1.54, 1.807) is 6.21 Å². The molecule has 0 aliphatic carbocycles. The second kappa shape index (κ2) is 7.60. The molecule has 8 nitrogen and oxygen atoms in total. The van der Waals surface area contributed by atoms with E-state index < -0.39 is 29.8 Å². The highest BCUT2D eigenvalue weighted by molar-refractivity contribution is 6.28. The molecule has 0 spiro atoms. The number of carbonyl (C=O) groups is 1. The highest BCUT2D eigenvalue weighted by Crippen LogP contribution is 2.31. The molecule has 1 saturated heterocycles. The first-order valence-electron chi connectivity index (χ1n) is 8.60. The molecule has 1 fully saturated rings. The highest BCUT2D eigenvalue weighted by Gasteiger charge is 2.39. The lowest BCUT2D eigenvalue weighted by molar-refractivity contribution is 0.0229. The van der Waals surface area contributed by atoms with Crippen LogP contribution in [0.4, 0.5) is 13.6 Å². The van der Waals surface area contributed by atoms with Gasteiger partial charge in [0, 0.05) is 12.6 Å². The summed E-state index contributed by atoms with van der Waals surface area (Å²) in [6, 6.07) is 4.93. The zero-order chi connectivity index (χ0) is 20.5. The lowest BCUT2D eigenvalue weighted by Gasteiger charge is -2.40. The number of urea groups is 1. The number of benzene rings is 1. The molecule has 0 bridgehead atoms. The van der Waals surface area contributed by atoms with Crippen molar-refractivity contribution in [2.75, 3.05) is 13.1 Å². The van der Waals surface area contributed by atoms with Crippen molar-refractivity contribution in [3.05, 3.63) is 52.4 Å². The normalized spacial score (nSPS) is 18.5. The summed E-state index contributed by atoms with van der Waals surface area (Å²) in [6.45, 7) is 0.399. The van der Waals surface area contributed by atoms with E-state index in [1.807, 2.05) is 6.07 Å². The quantitative estimate of drug-likeness (QED) is 0.714. The van der Waals surface area contributed by atoms with Crippen LogP contribution in [-0.4, -0.2) is 51.3 Å². The molecule has 2 amide bonds. The van der Waals surface area contributed by atoms with Gasteiger partial charge in [-0.25, -0.2) is 19.2 Å². The number of aromatic nitrogens is 2. The van der Waals surface area contributed by atoms with Crippen LogP contribution in [-0.2, 0) is 0 Å². The summed E-state index contributed by atoms with van der Waals surface area (Å²) in [5, 5.41) is 14.2. The van der Waals surface area contributed by atoms with Crippen LogP contribution >= 0.6 is 11.6 Å². The Kier molecular flexibility index (Phi) is 4.98. The summed E-state index contributed by atoms with van der Waals surface area (Å²) in [4.78, 5) is 21.4. The van der Waals surface area contributed by atoms with Gasteiger partial charge in [0.15, 0.2) is 0 Å². The molecular formula is C18H13ClF2N6O2. The molecule has 29 heavy (non-hydrogen) atoms. The molecule has 11 heteroatoms. The number of likely N-dealkylation sites (tertiary alicyclic amines) is 1. The summed E-state index contributed by atoms with van der Waals surface area (Å²) >= 11 is 5.63. The standard InChI is InChI=1S/C18H13ClF2N6O2/c19-17-23-7-14(21)16(25-17)29-13-8-26(9-13)18(28)27-15(1-2-24-27)11-3-10(6-22)4-12(20)5-11/h2-5,7,13,15H,1,8-9H2/t15-/m0/s1. The fourth-order valence-corrected chi connectivity index (χ4v) is 3.26. The average Bonchev–Trinajstić information content (AvgIpc) is 3.15. The van der Waals surface area contributed by atoms with Crippen LogP contribution < -0.4 is 4.74 Å². The number of hydrogen-bond acceptors (Lipinski definition) is 6. The fourth-order valence-electron chi connectivity index (χ4n) is 3.13. The topological polar surface area (TPSA) is 94.7 Å². The van der Waals surface area contributed by atoms with Gasteiger partial charge in [0.05, 0.1) is 37.0 Å². The fraction of sp³-hybridized carbons (Fsp3) is 0.278. The number of carbonyl (C=O) groups excluding carboxylic acids is 1. The van der Waals surface area contributed by atoms with Gasteiger partial charge >= 0.3 is 6.03 Å². The number of nitriles is 1. The number of hydrogen-bond donors (Lipinski definition) is 0. The minimum Gasteiger partial charge on any atom is -0.468 e. The van der Waals surface area contributed by atoms with Gasteiger partial charge in [-0.2, -0.15) is 19.7 Å². The molecule has 0 unspecified atom stereocenters. The highest BCUT2D eigenvalue weighted by atomic mass is 35.5. The van der Waals surface area contributed by atoms with Crippen LogP contribution in [0.3, 0.4) is 0 Å². The number of halogens is 3. The van der Waals surface area contributed by atoms with Gasteiger partial charge in [-0.3, -0.25) is 0 Å². The first-order valence-corrected chi connectivity index (χ1v) is 8.98. The summed E-state index contributed by atoms with van der Waals surface area (Å²) < 4.78 is 32.8. The number of rotatable bonds is 3. The van der Waals surface area contributed by atoms with E-state index in [9.17, 15) is 13.6 Å². The smallest absolute Gasteiger partial charge is 0.341 e. The van der Waals surface area contributed by atoms with Gasteiger partial charge in [0.2, 0.25) is 11.1 Å². The van der Waals surface area contributed by atoms with Gasteiger partial charge in [-0.1, -0.05) is 0 Å². The zero-order valence-electron chi connectivity index (χ0n) is 14.8. The van der Waals surface area contributed by atoms with Crippen molar-refractivity contribution in [3.8, 4) is 11.9 Å². The summed E-state index contributed by atoms with van der Waals surface area (Å²) in [6.07, 6.45) is 2.41. The van der Waals surface area contributed by atoms with E-state index in [4.69, 9.17) is 21.6 Å². The van der Waals surface area contributed by atoms with Crippen molar-refractivity contribution in [1.29, 1.82) is 5.26 Å². The van der Waals surface area contributed by atoms with Crippen molar-refractivity contribution in [1.82, 2.24) is 19.9 Å². The van der Waals surface area contributed by atoms with Gasteiger partial charge in [0.25, 0.3) is 5.88 Å².